The van der Waals surface area contributed by atoms with E-state index in [1.54, 1.807) is 18.9 Å². The van der Waals surface area contributed by atoms with Crippen LogP contribution in [0.1, 0.15) is 13.8 Å². The van der Waals surface area contributed by atoms with Gasteiger partial charge < -0.3 is 20.1 Å². The molecule has 17 heavy (non-hydrogen) atoms. The van der Waals surface area contributed by atoms with Gasteiger partial charge in [0, 0.05) is 20.1 Å². The highest BCUT2D eigenvalue weighted by Crippen LogP contribution is 2.13. The lowest BCUT2D eigenvalue weighted by Crippen LogP contribution is -2.29. The summed E-state index contributed by atoms with van der Waals surface area (Å²) in [6.07, 6.45) is -0.453. The predicted octanol–water partition coefficient (Wildman–Crippen LogP) is 0.129. The summed E-state index contributed by atoms with van der Waals surface area (Å²) in [7, 11) is 3.31. The van der Waals surface area contributed by atoms with Gasteiger partial charge in [-0.15, -0.1) is 0 Å². The molecule has 0 radical (unpaired) electrons. The van der Waals surface area contributed by atoms with Crippen LogP contribution in [0.25, 0.3) is 0 Å². The molecule has 7 nitrogen and oxygen atoms in total. The van der Waals surface area contributed by atoms with Gasteiger partial charge in [0.1, 0.15) is 0 Å². The van der Waals surface area contributed by atoms with Gasteiger partial charge in [0.15, 0.2) is 0 Å². The van der Waals surface area contributed by atoms with Crippen LogP contribution in [-0.2, 0) is 0 Å². The number of ether oxygens (including phenoxy) is 1. The molecule has 1 unspecified atom stereocenters. The summed E-state index contributed by atoms with van der Waals surface area (Å²) in [5, 5.41) is 12.3. The lowest BCUT2D eigenvalue weighted by atomic mass is 10.4. The van der Waals surface area contributed by atoms with Crippen molar-refractivity contribution in [3.63, 3.8) is 0 Å². The van der Waals surface area contributed by atoms with E-state index < -0.39 is 6.10 Å². The van der Waals surface area contributed by atoms with E-state index in [0.29, 0.717) is 25.0 Å². The third-order valence-electron chi connectivity index (χ3n) is 2.00. The van der Waals surface area contributed by atoms with E-state index in [9.17, 15) is 5.11 Å². The van der Waals surface area contributed by atoms with Crippen molar-refractivity contribution in [2.75, 3.05) is 37.5 Å². The zero-order valence-electron chi connectivity index (χ0n) is 10.6. The second-order valence-corrected chi connectivity index (χ2v) is 3.71. The molecule has 0 fully saturated rings. The van der Waals surface area contributed by atoms with E-state index in [1.165, 1.54) is 7.11 Å². The SMILES string of the molecule is CCNc1nc(OC)nc(N(C)CC(C)O)n1. The van der Waals surface area contributed by atoms with E-state index >= 15 is 0 Å². The number of aromatic nitrogens is 3. The van der Waals surface area contributed by atoms with Gasteiger partial charge in [-0.2, -0.15) is 15.0 Å². The monoisotopic (exact) mass is 241 g/mol. The largest absolute Gasteiger partial charge is 0.467 e. The molecular weight excluding hydrogens is 222 g/mol. The molecule has 0 saturated carbocycles. The molecule has 7 heteroatoms. The average molecular weight is 241 g/mol. The zero-order valence-corrected chi connectivity index (χ0v) is 10.6. The first-order valence-electron chi connectivity index (χ1n) is 5.50. The minimum atomic E-state index is -0.453. The van der Waals surface area contributed by atoms with Crippen LogP contribution < -0.4 is 15.0 Å². The number of hydrogen-bond donors (Lipinski definition) is 2. The second-order valence-electron chi connectivity index (χ2n) is 3.71. The summed E-state index contributed by atoms with van der Waals surface area (Å²) >= 11 is 0. The van der Waals surface area contributed by atoms with Crippen molar-refractivity contribution in [2.24, 2.45) is 0 Å². The molecule has 0 aromatic carbocycles. The predicted molar refractivity (Wildman–Crippen MR) is 65.5 cm³/mol. The maximum atomic E-state index is 9.32. The Morgan fingerprint density at radius 2 is 2.12 bits per heavy atom. The van der Waals surface area contributed by atoms with Crippen LogP contribution in [-0.4, -0.2) is 53.4 Å². The van der Waals surface area contributed by atoms with Crippen LogP contribution in [0.2, 0.25) is 0 Å². The number of aliphatic hydroxyl groups is 1. The van der Waals surface area contributed by atoms with E-state index in [2.05, 4.69) is 20.3 Å². The standard InChI is InChI=1S/C10H19N5O2/c1-5-11-8-12-9(14-10(13-8)17-4)15(3)6-7(2)16/h7,16H,5-6H2,1-4H3,(H,11,12,13,14). The number of rotatable bonds is 6. The van der Waals surface area contributed by atoms with Crippen molar-refractivity contribution in [1.29, 1.82) is 0 Å². The Morgan fingerprint density at radius 3 is 2.65 bits per heavy atom. The third-order valence-corrected chi connectivity index (χ3v) is 2.00. The molecule has 0 bridgehead atoms. The van der Waals surface area contributed by atoms with Crippen LogP contribution in [0.3, 0.4) is 0 Å². The summed E-state index contributed by atoms with van der Waals surface area (Å²) in [5.74, 6) is 0.931. The summed E-state index contributed by atoms with van der Waals surface area (Å²) in [4.78, 5) is 14.1. The highest BCUT2D eigenvalue weighted by Gasteiger charge is 2.11. The quantitative estimate of drug-likeness (QED) is 0.732. The molecular formula is C10H19N5O2. The molecule has 0 saturated heterocycles. The van der Waals surface area contributed by atoms with Gasteiger partial charge >= 0.3 is 6.01 Å². The summed E-state index contributed by atoms with van der Waals surface area (Å²) in [6.45, 7) is 4.82. The smallest absolute Gasteiger partial charge is 0.322 e. The minimum Gasteiger partial charge on any atom is -0.467 e. The number of hydrogen-bond acceptors (Lipinski definition) is 7. The maximum absolute atomic E-state index is 9.32. The van der Waals surface area contributed by atoms with Crippen molar-refractivity contribution in [2.45, 2.75) is 20.0 Å². The number of nitrogens with zero attached hydrogens (tertiary/aromatic N) is 4. The van der Waals surface area contributed by atoms with Gasteiger partial charge in [-0.3, -0.25) is 0 Å². The molecule has 1 atom stereocenters. The number of likely N-dealkylation sites (N-methyl/N-ethyl adjacent to an activating group) is 1. The molecule has 2 N–H and O–H groups in total. The van der Waals surface area contributed by atoms with Gasteiger partial charge in [-0.25, -0.2) is 0 Å². The van der Waals surface area contributed by atoms with E-state index in [-0.39, 0.29) is 6.01 Å². The third kappa shape index (κ3) is 4.03. The Kier molecular flexibility index (Phi) is 4.89. The minimum absolute atomic E-state index is 0.253. The van der Waals surface area contributed by atoms with Gasteiger partial charge in [0.2, 0.25) is 11.9 Å². The van der Waals surface area contributed by atoms with Gasteiger partial charge in [-0.1, -0.05) is 0 Å². The molecule has 1 rings (SSSR count). The maximum Gasteiger partial charge on any atom is 0.322 e. The molecule has 0 aliphatic rings. The first-order chi connectivity index (χ1) is 8.06. The molecule has 1 heterocycles. The van der Waals surface area contributed by atoms with Crippen molar-refractivity contribution in [3.05, 3.63) is 0 Å². The lowest BCUT2D eigenvalue weighted by Gasteiger charge is -2.19. The van der Waals surface area contributed by atoms with Crippen molar-refractivity contribution in [3.8, 4) is 6.01 Å². The normalized spacial score (nSPS) is 12.1. The summed E-state index contributed by atoms with van der Waals surface area (Å²) in [6, 6.07) is 0.253. The summed E-state index contributed by atoms with van der Waals surface area (Å²) < 4.78 is 5.01. The molecule has 96 valence electrons. The van der Waals surface area contributed by atoms with Crippen LogP contribution in [0.4, 0.5) is 11.9 Å². The Morgan fingerprint density at radius 1 is 1.41 bits per heavy atom. The topological polar surface area (TPSA) is 83.4 Å². The fourth-order valence-electron chi connectivity index (χ4n) is 1.32. The zero-order chi connectivity index (χ0) is 12.8. The molecule has 0 aliphatic carbocycles. The highest BCUT2D eigenvalue weighted by molar-refractivity contribution is 5.37. The van der Waals surface area contributed by atoms with Gasteiger partial charge in [0.05, 0.1) is 13.2 Å². The van der Waals surface area contributed by atoms with Gasteiger partial charge in [0.25, 0.3) is 0 Å². The average Bonchev–Trinajstić information content (AvgIpc) is 2.28. The van der Waals surface area contributed by atoms with E-state index in [4.69, 9.17) is 4.74 Å². The fraction of sp³-hybridized carbons (Fsp3) is 0.700. The lowest BCUT2D eigenvalue weighted by molar-refractivity contribution is 0.201. The Hall–Kier alpha value is -1.63. The number of anilines is 2. The first-order valence-corrected chi connectivity index (χ1v) is 5.50. The number of aliphatic hydroxyl groups excluding tert-OH is 1. The van der Waals surface area contributed by atoms with Crippen molar-refractivity contribution < 1.29 is 9.84 Å². The van der Waals surface area contributed by atoms with Crippen molar-refractivity contribution >= 4 is 11.9 Å². The van der Waals surface area contributed by atoms with Crippen LogP contribution in [0.15, 0.2) is 0 Å². The summed E-state index contributed by atoms with van der Waals surface area (Å²) in [5.41, 5.74) is 0. The molecule has 0 amide bonds. The molecule has 0 spiro atoms. The molecule has 1 aromatic heterocycles. The van der Waals surface area contributed by atoms with Crippen molar-refractivity contribution in [1.82, 2.24) is 15.0 Å². The van der Waals surface area contributed by atoms with Crippen LogP contribution >= 0.6 is 0 Å². The van der Waals surface area contributed by atoms with Crippen LogP contribution in [0.5, 0.6) is 6.01 Å². The Balaban J connectivity index is 2.93. The Labute approximate surface area is 101 Å². The van der Waals surface area contributed by atoms with E-state index in [1.807, 2.05) is 6.92 Å². The Bertz CT molecular complexity index is 359. The van der Waals surface area contributed by atoms with Gasteiger partial charge in [-0.05, 0) is 13.8 Å². The van der Waals surface area contributed by atoms with E-state index in [0.717, 1.165) is 0 Å². The highest BCUT2D eigenvalue weighted by atomic mass is 16.5. The fourth-order valence-corrected chi connectivity index (χ4v) is 1.32. The van der Waals surface area contributed by atoms with Crippen LogP contribution in [0, 0.1) is 0 Å². The molecule has 0 aliphatic heterocycles. The first kappa shape index (κ1) is 13.4. The number of methoxy groups -OCH3 is 1. The molecule has 1 aromatic rings. The number of nitrogens with one attached hydrogen (secondary N) is 1. The second kappa shape index (κ2) is 6.19.